The minimum atomic E-state index is -1.56. The van der Waals surface area contributed by atoms with E-state index >= 15 is 0 Å². The van der Waals surface area contributed by atoms with Crippen molar-refractivity contribution in [3.05, 3.63) is 401 Å². The van der Waals surface area contributed by atoms with E-state index in [0.717, 1.165) is 166 Å². The maximum Gasteiger partial charge on any atom is 0.489 e. The molecule has 0 aliphatic rings. The Hall–Kier alpha value is -15.1. The van der Waals surface area contributed by atoms with Crippen molar-refractivity contribution in [2.75, 3.05) is 0 Å². The summed E-state index contributed by atoms with van der Waals surface area (Å²) in [5.74, 6) is 1.82. The van der Waals surface area contributed by atoms with Crippen LogP contribution in [0.2, 0.25) is 0 Å². The quantitative estimate of drug-likeness (QED) is 0.0529. The van der Waals surface area contributed by atoms with Gasteiger partial charge < -0.3 is 43.8 Å². The fourth-order valence-corrected chi connectivity index (χ4v) is 16.3. The standard InChI is InChI=1S/C35H25BN2O2.C34H24BN3O2.C33H23BN4O2/c39-36(40)30-15-9-17-34-35(30)29-14-7-8-16-33(29)38(34)28-20-18-26(19-21-28)32-23-27(24-10-3-1-4-11-24)22-31(37-32)25-12-5-2-6-13-25;39-35(40)29-9-7-13-33-34(29)28-8-1-2-12-32(28)38(33)27-16-14-23(15-17-27)24-20-25(30-10-3-5-18-36-30)22-26(21-24)31-11-4-6-19-37-31;39-34(40)27-15-9-17-29-30(27)26-14-7-8-16-28(26)38(29)25-20-18-24(19-21-25)33-36-31(22-10-3-1-4-11-22)35-32(37-33)23-12-5-2-6-13-23/h1-23,39-40H;1-22,39-40H;1-21,39-40H. The first-order chi connectivity index (χ1) is 59.0. The Bertz CT molecular complexity index is 6430. The zero-order valence-corrected chi connectivity index (χ0v) is 64.5. The molecular formula is C102H72B3N9O6. The molecule has 0 amide bonds. The molecule has 0 spiro atoms. The van der Waals surface area contributed by atoms with E-state index in [0.29, 0.717) is 33.9 Å². The van der Waals surface area contributed by atoms with Crippen molar-refractivity contribution in [1.82, 2.24) is 43.6 Å². The molecule has 18 heteroatoms. The van der Waals surface area contributed by atoms with Crippen molar-refractivity contribution in [3.63, 3.8) is 0 Å². The summed E-state index contributed by atoms with van der Waals surface area (Å²) in [5, 5.41) is 65.9. The van der Waals surface area contributed by atoms with Crippen LogP contribution in [0.25, 0.3) is 184 Å². The van der Waals surface area contributed by atoms with Gasteiger partial charge in [-0.05, 0) is 178 Å². The lowest BCUT2D eigenvalue weighted by Gasteiger charge is -2.12. The van der Waals surface area contributed by atoms with Gasteiger partial charge in [0.05, 0.1) is 55.9 Å². The Kier molecular flexibility index (Phi) is 20.5. The molecule has 0 unspecified atom stereocenters. The molecule has 570 valence electrons. The van der Waals surface area contributed by atoms with Gasteiger partial charge >= 0.3 is 21.4 Å². The zero-order valence-electron chi connectivity index (χ0n) is 64.5. The number of aromatic nitrogens is 9. The van der Waals surface area contributed by atoms with Crippen LogP contribution in [-0.4, -0.2) is 95.1 Å². The van der Waals surface area contributed by atoms with Gasteiger partial charge in [0.25, 0.3) is 0 Å². The minimum absolute atomic E-state index is 0.483. The average molecular weight is 1550 g/mol. The Balaban J connectivity index is 0.000000119. The molecule has 0 saturated carbocycles. The second-order valence-corrected chi connectivity index (χ2v) is 29.2. The van der Waals surface area contributed by atoms with E-state index in [1.54, 1.807) is 18.2 Å². The third-order valence-electron chi connectivity index (χ3n) is 21.8. The third kappa shape index (κ3) is 14.7. The SMILES string of the molecule is OB(O)c1cccc2c1c1ccccc1n2-c1ccc(-c2cc(-c3ccccc3)cc(-c3ccccc3)n2)cc1.OB(O)c1cccc2c1c1ccccc1n2-c1ccc(-c2cc(-c3ccccn3)cc(-c3ccccn3)c2)cc1.OB(O)c1cccc2c1c1ccccc1n2-c1ccc(-c2nc(-c3ccccc3)nc(-c3ccccc3)n2)cc1. The number of pyridine rings is 3. The second kappa shape index (κ2) is 32.9. The Morgan fingerprint density at radius 1 is 0.192 bits per heavy atom. The van der Waals surface area contributed by atoms with Crippen LogP contribution in [0.5, 0.6) is 0 Å². The molecule has 7 heterocycles. The van der Waals surface area contributed by atoms with Gasteiger partial charge in [0.15, 0.2) is 17.5 Å². The molecule has 21 aromatic rings. The first-order valence-corrected chi connectivity index (χ1v) is 39.5. The topological polar surface area (TPSA) is 214 Å². The van der Waals surface area contributed by atoms with Crippen molar-refractivity contribution >= 4 is 103 Å². The van der Waals surface area contributed by atoms with Crippen molar-refractivity contribution < 1.29 is 30.1 Å². The van der Waals surface area contributed by atoms with E-state index < -0.39 is 21.4 Å². The van der Waals surface area contributed by atoms with Crippen LogP contribution in [0, 0.1) is 0 Å². The Morgan fingerprint density at radius 3 is 0.825 bits per heavy atom. The van der Waals surface area contributed by atoms with Gasteiger partial charge in [0, 0.05) is 101 Å². The van der Waals surface area contributed by atoms with Crippen LogP contribution in [0.3, 0.4) is 0 Å². The molecule has 0 aliphatic carbocycles. The monoisotopic (exact) mass is 1550 g/mol. The highest BCUT2D eigenvalue weighted by Crippen LogP contribution is 2.39. The molecule has 7 aromatic heterocycles. The average Bonchev–Trinajstić information content (AvgIpc) is 1.59. The van der Waals surface area contributed by atoms with Crippen LogP contribution < -0.4 is 16.4 Å². The molecule has 0 atom stereocenters. The van der Waals surface area contributed by atoms with Gasteiger partial charge in [-0.1, -0.05) is 249 Å². The Morgan fingerprint density at radius 2 is 0.467 bits per heavy atom. The number of hydrogen-bond acceptors (Lipinski definition) is 12. The molecular weight excluding hydrogens is 1480 g/mol. The van der Waals surface area contributed by atoms with E-state index in [-0.39, 0.29) is 0 Å². The lowest BCUT2D eigenvalue weighted by Crippen LogP contribution is -2.30. The summed E-state index contributed by atoms with van der Waals surface area (Å²) in [6.07, 6.45) is 3.62. The molecule has 6 N–H and O–H groups in total. The van der Waals surface area contributed by atoms with Crippen LogP contribution in [-0.2, 0) is 0 Å². The van der Waals surface area contributed by atoms with Crippen LogP contribution in [0.1, 0.15) is 0 Å². The van der Waals surface area contributed by atoms with Gasteiger partial charge in [0.2, 0.25) is 0 Å². The smallest absolute Gasteiger partial charge is 0.423 e. The maximum atomic E-state index is 10.1. The number of fused-ring (bicyclic) bond motifs is 9. The lowest BCUT2D eigenvalue weighted by atomic mass is 9.77. The maximum absolute atomic E-state index is 10.1. The van der Waals surface area contributed by atoms with E-state index in [1.807, 2.05) is 255 Å². The number of para-hydroxylation sites is 3. The predicted octanol–water partition coefficient (Wildman–Crippen LogP) is 18.8. The predicted molar refractivity (Wildman–Crippen MR) is 488 cm³/mol. The molecule has 0 radical (unpaired) electrons. The summed E-state index contributed by atoms with van der Waals surface area (Å²) in [5.41, 5.74) is 25.1. The minimum Gasteiger partial charge on any atom is -0.423 e. The highest BCUT2D eigenvalue weighted by molar-refractivity contribution is 6.64. The van der Waals surface area contributed by atoms with Gasteiger partial charge in [-0.3, -0.25) is 9.97 Å². The molecule has 21 rings (SSSR count). The first kappa shape index (κ1) is 75.0. The third-order valence-corrected chi connectivity index (χ3v) is 21.8. The van der Waals surface area contributed by atoms with Crippen LogP contribution in [0.4, 0.5) is 0 Å². The van der Waals surface area contributed by atoms with E-state index in [1.165, 1.54) is 0 Å². The molecule has 15 nitrogen and oxygen atoms in total. The van der Waals surface area contributed by atoms with Gasteiger partial charge in [-0.25, -0.2) is 19.9 Å². The highest BCUT2D eigenvalue weighted by atomic mass is 16.4. The molecule has 0 aliphatic heterocycles. The van der Waals surface area contributed by atoms with Gasteiger partial charge in [-0.2, -0.15) is 0 Å². The highest BCUT2D eigenvalue weighted by Gasteiger charge is 2.26. The zero-order chi connectivity index (χ0) is 81.2. The number of hydrogen-bond donors (Lipinski definition) is 6. The molecule has 0 bridgehead atoms. The van der Waals surface area contributed by atoms with Crippen LogP contribution >= 0.6 is 0 Å². The van der Waals surface area contributed by atoms with Crippen molar-refractivity contribution in [3.8, 4) is 119 Å². The molecule has 14 aromatic carbocycles. The number of rotatable bonds is 15. The van der Waals surface area contributed by atoms with E-state index in [2.05, 4.69) is 151 Å². The largest absolute Gasteiger partial charge is 0.489 e. The van der Waals surface area contributed by atoms with Gasteiger partial charge in [0.1, 0.15) is 0 Å². The fourth-order valence-electron chi connectivity index (χ4n) is 16.3. The Labute approximate surface area is 691 Å². The number of benzene rings is 14. The normalized spacial score (nSPS) is 11.2. The molecule has 120 heavy (non-hydrogen) atoms. The van der Waals surface area contributed by atoms with Crippen molar-refractivity contribution in [1.29, 1.82) is 0 Å². The number of nitrogens with zero attached hydrogens (tertiary/aromatic N) is 9. The van der Waals surface area contributed by atoms with E-state index in [9.17, 15) is 30.1 Å². The van der Waals surface area contributed by atoms with Gasteiger partial charge in [-0.15, -0.1) is 0 Å². The summed E-state index contributed by atoms with van der Waals surface area (Å²) >= 11 is 0. The molecule has 0 fully saturated rings. The summed E-state index contributed by atoms with van der Waals surface area (Å²) in [7, 11) is -4.66. The van der Waals surface area contributed by atoms with Crippen LogP contribution in [0.15, 0.2) is 401 Å². The van der Waals surface area contributed by atoms with E-state index in [4.69, 9.17) is 19.9 Å². The summed E-state index contributed by atoms with van der Waals surface area (Å²) in [4.78, 5) is 28.7. The summed E-state index contributed by atoms with van der Waals surface area (Å²) in [6, 6.07) is 129. The molecule has 0 saturated heterocycles. The lowest BCUT2D eigenvalue weighted by molar-refractivity contribution is 0.425. The fraction of sp³-hybridized carbons (Fsp3) is 0. The first-order valence-electron chi connectivity index (χ1n) is 39.5. The van der Waals surface area contributed by atoms with Crippen molar-refractivity contribution in [2.45, 2.75) is 0 Å². The summed E-state index contributed by atoms with van der Waals surface area (Å²) < 4.78 is 6.48. The summed E-state index contributed by atoms with van der Waals surface area (Å²) in [6.45, 7) is 0. The second-order valence-electron chi connectivity index (χ2n) is 29.2. The van der Waals surface area contributed by atoms with Crippen molar-refractivity contribution in [2.24, 2.45) is 0 Å².